The predicted octanol–water partition coefficient (Wildman–Crippen LogP) is 1.18. The molecule has 0 radical (unpaired) electrons. The number of likely N-dealkylation sites (N-methyl/N-ethyl adjacent to an activating group) is 1. The molecule has 2 fully saturated rings. The number of aromatic nitrogens is 1. The fourth-order valence-corrected chi connectivity index (χ4v) is 3.88. The van der Waals surface area contributed by atoms with Crippen molar-refractivity contribution in [2.24, 2.45) is 5.92 Å². The maximum atomic E-state index is 12.2. The molecule has 1 saturated carbocycles. The molecule has 2 aliphatic rings. The molecule has 0 aromatic carbocycles. The zero-order chi connectivity index (χ0) is 15.7. The first kappa shape index (κ1) is 16.0. The molecule has 1 N–H and O–H groups in total. The molecular weight excluding hydrogens is 324 g/mol. The number of rotatable bonds is 5. The topological polar surface area (TPSA) is 65.5 Å². The highest BCUT2D eigenvalue weighted by Crippen LogP contribution is 2.29. The second kappa shape index (κ2) is 6.31. The number of hydrogen-bond acceptors (Lipinski definition) is 5. The Morgan fingerprint density at radius 2 is 2.00 bits per heavy atom. The summed E-state index contributed by atoms with van der Waals surface area (Å²) >= 11 is 6.27. The number of hydrogen-bond donors (Lipinski definition) is 1. The number of pyridine rings is 1. The highest BCUT2D eigenvalue weighted by atomic mass is 35.5. The molecule has 0 amide bonds. The molecular formula is C14H21ClN4O2S. The monoisotopic (exact) mass is 344 g/mol. The fourth-order valence-electron chi connectivity index (χ4n) is 2.44. The van der Waals surface area contributed by atoms with E-state index < -0.39 is 10.0 Å². The maximum absolute atomic E-state index is 12.2. The van der Waals surface area contributed by atoms with Crippen molar-refractivity contribution in [3.63, 3.8) is 0 Å². The molecule has 22 heavy (non-hydrogen) atoms. The lowest BCUT2D eigenvalue weighted by Crippen LogP contribution is -2.45. The molecule has 2 heterocycles. The van der Waals surface area contributed by atoms with Gasteiger partial charge in [0.2, 0.25) is 10.0 Å². The Labute approximate surface area is 136 Å². The van der Waals surface area contributed by atoms with E-state index in [0.29, 0.717) is 23.3 Å². The third kappa shape index (κ3) is 3.71. The van der Waals surface area contributed by atoms with Gasteiger partial charge < -0.3 is 9.80 Å². The second-order valence-electron chi connectivity index (χ2n) is 6.06. The molecule has 1 saturated heterocycles. The van der Waals surface area contributed by atoms with E-state index in [-0.39, 0.29) is 4.90 Å². The lowest BCUT2D eigenvalue weighted by atomic mass is 10.3. The molecule has 0 bridgehead atoms. The summed E-state index contributed by atoms with van der Waals surface area (Å²) in [4.78, 5) is 8.76. The van der Waals surface area contributed by atoms with Gasteiger partial charge in [0, 0.05) is 38.9 Å². The van der Waals surface area contributed by atoms with E-state index in [1.807, 2.05) is 0 Å². The van der Waals surface area contributed by atoms with Crippen LogP contribution < -0.4 is 9.62 Å². The van der Waals surface area contributed by atoms with Gasteiger partial charge in [-0.3, -0.25) is 0 Å². The Morgan fingerprint density at radius 3 is 2.59 bits per heavy atom. The van der Waals surface area contributed by atoms with Crippen molar-refractivity contribution in [1.82, 2.24) is 14.6 Å². The number of nitrogens with one attached hydrogen (secondary N) is 1. The minimum absolute atomic E-state index is 0.135. The molecule has 0 atom stereocenters. The van der Waals surface area contributed by atoms with E-state index in [1.165, 1.54) is 12.3 Å². The zero-order valence-corrected chi connectivity index (χ0v) is 14.2. The SMILES string of the molecule is CN1CCN(c2ncc(S(=O)(=O)NCC3CC3)cc2Cl)CC1. The maximum Gasteiger partial charge on any atom is 0.242 e. The average molecular weight is 345 g/mol. The Balaban J connectivity index is 1.73. The smallest absolute Gasteiger partial charge is 0.242 e. The summed E-state index contributed by atoms with van der Waals surface area (Å²) in [5.41, 5.74) is 0. The largest absolute Gasteiger partial charge is 0.353 e. The minimum Gasteiger partial charge on any atom is -0.353 e. The van der Waals surface area contributed by atoms with Gasteiger partial charge in [-0.1, -0.05) is 11.6 Å². The number of anilines is 1. The molecule has 1 aliphatic heterocycles. The van der Waals surface area contributed by atoms with E-state index >= 15 is 0 Å². The Kier molecular flexibility index (Phi) is 4.59. The van der Waals surface area contributed by atoms with Crippen molar-refractivity contribution >= 4 is 27.4 Å². The Bertz CT molecular complexity index is 640. The summed E-state index contributed by atoms with van der Waals surface area (Å²) in [5.74, 6) is 1.15. The average Bonchev–Trinajstić information content (AvgIpc) is 3.31. The molecule has 1 aliphatic carbocycles. The van der Waals surface area contributed by atoms with Gasteiger partial charge >= 0.3 is 0 Å². The quantitative estimate of drug-likeness (QED) is 0.868. The van der Waals surface area contributed by atoms with Crippen molar-refractivity contribution in [3.05, 3.63) is 17.3 Å². The third-order valence-corrected chi connectivity index (χ3v) is 5.84. The summed E-state index contributed by atoms with van der Waals surface area (Å²) in [6, 6.07) is 1.50. The minimum atomic E-state index is -3.52. The number of halogens is 1. The summed E-state index contributed by atoms with van der Waals surface area (Å²) in [6.07, 6.45) is 3.60. The van der Waals surface area contributed by atoms with Gasteiger partial charge in [-0.15, -0.1) is 0 Å². The molecule has 3 rings (SSSR count). The number of sulfonamides is 1. The highest BCUT2D eigenvalue weighted by molar-refractivity contribution is 7.89. The van der Waals surface area contributed by atoms with Crippen LogP contribution in [0.3, 0.4) is 0 Å². The molecule has 122 valence electrons. The van der Waals surface area contributed by atoms with Crippen LogP contribution in [0.5, 0.6) is 0 Å². The molecule has 6 nitrogen and oxygen atoms in total. The highest BCUT2D eigenvalue weighted by Gasteiger charge is 2.25. The predicted molar refractivity (Wildman–Crippen MR) is 86.9 cm³/mol. The van der Waals surface area contributed by atoms with Crippen LogP contribution in [-0.4, -0.2) is 58.1 Å². The lowest BCUT2D eigenvalue weighted by molar-refractivity contribution is 0.312. The summed E-state index contributed by atoms with van der Waals surface area (Å²) < 4.78 is 27.1. The third-order valence-electron chi connectivity index (χ3n) is 4.17. The molecule has 1 aromatic rings. The van der Waals surface area contributed by atoms with Crippen molar-refractivity contribution in [2.75, 3.05) is 44.7 Å². The van der Waals surface area contributed by atoms with Gasteiger partial charge in [-0.25, -0.2) is 18.1 Å². The van der Waals surface area contributed by atoms with Gasteiger partial charge in [0.1, 0.15) is 10.7 Å². The number of nitrogens with zero attached hydrogens (tertiary/aromatic N) is 3. The van der Waals surface area contributed by atoms with Crippen molar-refractivity contribution < 1.29 is 8.42 Å². The van der Waals surface area contributed by atoms with Crippen LogP contribution in [0.25, 0.3) is 0 Å². The van der Waals surface area contributed by atoms with Crippen molar-refractivity contribution in [2.45, 2.75) is 17.7 Å². The fraction of sp³-hybridized carbons (Fsp3) is 0.643. The summed E-state index contributed by atoms with van der Waals surface area (Å²) in [5, 5.41) is 0.388. The van der Waals surface area contributed by atoms with E-state index in [2.05, 4.69) is 26.6 Å². The summed E-state index contributed by atoms with van der Waals surface area (Å²) in [7, 11) is -1.44. The van der Waals surface area contributed by atoms with Gasteiger partial charge in [0.15, 0.2) is 0 Å². The van der Waals surface area contributed by atoms with Crippen LogP contribution in [0.2, 0.25) is 5.02 Å². The summed E-state index contributed by atoms with van der Waals surface area (Å²) in [6.45, 7) is 4.08. The van der Waals surface area contributed by atoms with Crippen LogP contribution in [0.1, 0.15) is 12.8 Å². The molecule has 1 aromatic heterocycles. The lowest BCUT2D eigenvalue weighted by Gasteiger charge is -2.33. The van der Waals surface area contributed by atoms with Crippen LogP contribution in [0.4, 0.5) is 5.82 Å². The van der Waals surface area contributed by atoms with Crippen molar-refractivity contribution in [3.8, 4) is 0 Å². The van der Waals surface area contributed by atoms with E-state index in [9.17, 15) is 8.42 Å². The van der Waals surface area contributed by atoms with Crippen LogP contribution in [-0.2, 0) is 10.0 Å². The Morgan fingerprint density at radius 1 is 1.32 bits per heavy atom. The van der Waals surface area contributed by atoms with Crippen molar-refractivity contribution in [1.29, 1.82) is 0 Å². The molecule has 0 spiro atoms. The van der Waals surface area contributed by atoms with E-state index in [0.717, 1.165) is 39.0 Å². The standard InChI is InChI=1S/C14H21ClN4O2S/c1-18-4-6-19(7-5-18)14-13(15)8-12(10-16-14)22(20,21)17-9-11-2-3-11/h8,10-11,17H,2-7,9H2,1H3. The number of piperazine rings is 1. The molecule has 0 unspecified atom stereocenters. The van der Waals surface area contributed by atoms with Gasteiger partial charge in [-0.2, -0.15) is 0 Å². The first-order valence-corrected chi connectivity index (χ1v) is 9.40. The van der Waals surface area contributed by atoms with Gasteiger partial charge in [0.25, 0.3) is 0 Å². The van der Waals surface area contributed by atoms with Crippen LogP contribution >= 0.6 is 11.6 Å². The van der Waals surface area contributed by atoms with E-state index in [4.69, 9.17) is 11.6 Å². The normalized spacial score (nSPS) is 20.4. The van der Waals surface area contributed by atoms with Crippen LogP contribution in [0, 0.1) is 5.92 Å². The van der Waals surface area contributed by atoms with Gasteiger partial charge in [0.05, 0.1) is 5.02 Å². The van der Waals surface area contributed by atoms with E-state index in [1.54, 1.807) is 0 Å². The Hall–Kier alpha value is -0.890. The zero-order valence-electron chi connectivity index (χ0n) is 12.6. The molecule has 8 heteroatoms. The first-order valence-electron chi connectivity index (χ1n) is 7.54. The first-order chi connectivity index (χ1) is 10.5. The van der Waals surface area contributed by atoms with Gasteiger partial charge in [-0.05, 0) is 31.9 Å². The second-order valence-corrected chi connectivity index (χ2v) is 8.24. The van der Waals surface area contributed by atoms with Crippen LogP contribution in [0.15, 0.2) is 17.2 Å².